The topological polar surface area (TPSA) is 40.5 Å². The van der Waals surface area contributed by atoms with Crippen LogP contribution in [0.3, 0.4) is 0 Å². The first-order chi connectivity index (χ1) is 7.59. The van der Waals surface area contributed by atoms with Crippen LogP contribution < -0.4 is 4.90 Å². The fourth-order valence-electron chi connectivity index (χ4n) is 2.23. The first-order valence-electron chi connectivity index (χ1n) is 5.31. The summed E-state index contributed by atoms with van der Waals surface area (Å²) < 4.78 is 0. The summed E-state index contributed by atoms with van der Waals surface area (Å²) in [6.45, 7) is 0. The number of benzene rings is 1. The second-order valence-electron chi connectivity index (χ2n) is 4.14. The molecule has 0 saturated heterocycles. The predicted octanol–water partition coefficient (Wildman–Crippen LogP) is 2.57. The van der Waals surface area contributed by atoms with Crippen molar-refractivity contribution in [2.75, 3.05) is 11.9 Å². The Balaban J connectivity index is 2.14. The summed E-state index contributed by atoms with van der Waals surface area (Å²) in [6, 6.07) is 6.10. The van der Waals surface area contributed by atoms with Crippen molar-refractivity contribution in [1.82, 2.24) is 0 Å². The van der Waals surface area contributed by atoms with Gasteiger partial charge in [-0.25, -0.2) is 0 Å². The Labute approximate surface area is 99.6 Å². The van der Waals surface area contributed by atoms with Crippen molar-refractivity contribution >= 4 is 23.3 Å². The van der Waals surface area contributed by atoms with E-state index in [9.17, 15) is 4.79 Å². The molecule has 16 heavy (non-hydrogen) atoms. The summed E-state index contributed by atoms with van der Waals surface area (Å²) in [6.07, 6.45) is 1.72. The molecule has 0 amide bonds. The lowest BCUT2D eigenvalue weighted by Gasteiger charge is -2.21. The van der Waals surface area contributed by atoms with Crippen LogP contribution in [0.5, 0.6) is 0 Å². The van der Waals surface area contributed by atoms with Crippen LogP contribution in [-0.4, -0.2) is 24.2 Å². The maximum atomic E-state index is 10.6. The van der Waals surface area contributed by atoms with Crippen molar-refractivity contribution in [2.24, 2.45) is 0 Å². The molecule has 1 heterocycles. The van der Waals surface area contributed by atoms with Gasteiger partial charge in [0, 0.05) is 30.2 Å². The number of likely N-dealkylation sites (N-methyl/N-ethyl adjacent to an activating group) is 1. The second-order valence-corrected chi connectivity index (χ2v) is 4.55. The van der Waals surface area contributed by atoms with Crippen molar-refractivity contribution in [2.45, 2.75) is 25.3 Å². The Bertz CT molecular complexity index is 419. The lowest BCUT2D eigenvalue weighted by Crippen LogP contribution is -2.28. The molecule has 3 nitrogen and oxygen atoms in total. The quantitative estimate of drug-likeness (QED) is 0.881. The van der Waals surface area contributed by atoms with Gasteiger partial charge in [0.2, 0.25) is 0 Å². The molecule has 0 radical (unpaired) electrons. The highest BCUT2D eigenvalue weighted by Crippen LogP contribution is 2.36. The molecule has 4 heteroatoms. The Kier molecular flexibility index (Phi) is 3.06. The number of rotatable bonds is 3. The first-order valence-corrected chi connectivity index (χ1v) is 5.69. The van der Waals surface area contributed by atoms with E-state index < -0.39 is 5.97 Å². The Morgan fingerprint density at radius 1 is 1.62 bits per heavy atom. The average Bonchev–Trinajstić information content (AvgIpc) is 2.55. The molecule has 0 bridgehead atoms. The van der Waals surface area contributed by atoms with Gasteiger partial charge in [0.05, 0.1) is 0 Å². The highest BCUT2D eigenvalue weighted by molar-refractivity contribution is 6.31. The molecule has 0 aromatic heterocycles. The number of carbonyl (C=O) groups is 1. The molecule has 0 fully saturated rings. The Morgan fingerprint density at radius 2 is 2.38 bits per heavy atom. The number of hydrogen-bond donors (Lipinski definition) is 1. The van der Waals surface area contributed by atoms with Crippen molar-refractivity contribution in [1.29, 1.82) is 0 Å². The molecular weight excluding hydrogens is 226 g/mol. The third-order valence-electron chi connectivity index (χ3n) is 3.15. The van der Waals surface area contributed by atoms with Gasteiger partial charge in [0.25, 0.3) is 0 Å². The third kappa shape index (κ3) is 2.00. The van der Waals surface area contributed by atoms with Crippen molar-refractivity contribution in [3.8, 4) is 0 Å². The summed E-state index contributed by atoms with van der Waals surface area (Å²) in [7, 11) is 1.99. The molecule has 2 rings (SSSR count). The van der Waals surface area contributed by atoms with Crippen LogP contribution in [-0.2, 0) is 11.2 Å². The van der Waals surface area contributed by atoms with Crippen LogP contribution in [0.2, 0.25) is 5.02 Å². The van der Waals surface area contributed by atoms with E-state index in [0.717, 1.165) is 22.7 Å². The zero-order chi connectivity index (χ0) is 11.7. The molecule has 1 N–H and O–H groups in total. The van der Waals surface area contributed by atoms with Crippen molar-refractivity contribution in [3.05, 3.63) is 28.8 Å². The molecule has 0 saturated carbocycles. The number of hydrogen-bond acceptors (Lipinski definition) is 2. The van der Waals surface area contributed by atoms with Gasteiger partial charge in [0.1, 0.15) is 0 Å². The van der Waals surface area contributed by atoms with Crippen LogP contribution in [0, 0.1) is 0 Å². The van der Waals surface area contributed by atoms with E-state index in [4.69, 9.17) is 16.7 Å². The van der Waals surface area contributed by atoms with Gasteiger partial charge < -0.3 is 10.0 Å². The lowest BCUT2D eigenvalue weighted by atomic mass is 10.1. The number of aliphatic carboxylic acids is 1. The van der Waals surface area contributed by atoms with Crippen molar-refractivity contribution < 1.29 is 9.90 Å². The maximum Gasteiger partial charge on any atom is 0.303 e. The number of anilines is 1. The monoisotopic (exact) mass is 239 g/mol. The van der Waals surface area contributed by atoms with Gasteiger partial charge in [-0.15, -0.1) is 0 Å². The van der Waals surface area contributed by atoms with E-state index >= 15 is 0 Å². The van der Waals surface area contributed by atoms with E-state index in [1.54, 1.807) is 0 Å². The number of carboxylic acids is 1. The van der Waals surface area contributed by atoms with Gasteiger partial charge in [-0.3, -0.25) is 4.79 Å². The van der Waals surface area contributed by atoms with E-state index in [1.165, 1.54) is 0 Å². The fraction of sp³-hybridized carbons (Fsp3) is 0.417. The van der Waals surface area contributed by atoms with E-state index in [-0.39, 0.29) is 12.5 Å². The molecule has 1 aliphatic heterocycles. The standard InChI is InChI=1S/C12H14ClNO2/c1-14-8(5-6-12(15)16)7-9-10(13)3-2-4-11(9)14/h2-4,8H,5-7H2,1H3,(H,15,16). The van der Waals surface area contributed by atoms with Crippen LogP contribution >= 0.6 is 11.6 Å². The fourth-order valence-corrected chi connectivity index (χ4v) is 2.48. The van der Waals surface area contributed by atoms with E-state index in [1.807, 2.05) is 25.2 Å². The molecule has 1 unspecified atom stereocenters. The largest absolute Gasteiger partial charge is 0.481 e. The van der Waals surface area contributed by atoms with Gasteiger partial charge in [-0.1, -0.05) is 17.7 Å². The van der Waals surface area contributed by atoms with Gasteiger partial charge in [0.15, 0.2) is 0 Å². The minimum Gasteiger partial charge on any atom is -0.481 e. The zero-order valence-corrected chi connectivity index (χ0v) is 9.87. The summed E-state index contributed by atoms with van der Waals surface area (Å²) in [5.74, 6) is -0.740. The van der Waals surface area contributed by atoms with Crippen LogP contribution in [0.25, 0.3) is 0 Å². The average molecular weight is 240 g/mol. The van der Waals surface area contributed by atoms with Gasteiger partial charge >= 0.3 is 5.97 Å². The minimum atomic E-state index is -0.740. The summed E-state index contributed by atoms with van der Waals surface area (Å²) >= 11 is 6.12. The predicted molar refractivity (Wildman–Crippen MR) is 64.2 cm³/mol. The highest BCUT2D eigenvalue weighted by atomic mass is 35.5. The summed E-state index contributed by atoms with van der Waals surface area (Å²) in [4.78, 5) is 12.7. The molecule has 1 aromatic rings. The van der Waals surface area contributed by atoms with Gasteiger partial charge in [-0.2, -0.15) is 0 Å². The molecule has 1 aliphatic rings. The number of fused-ring (bicyclic) bond motifs is 1. The third-order valence-corrected chi connectivity index (χ3v) is 3.51. The molecule has 1 atom stereocenters. The zero-order valence-electron chi connectivity index (χ0n) is 9.11. The lowest BCUT2D eigenvalue weighted by molar-refractivity contribution is -0.137. The first kappa shape index (κ1) is 11.3. The number of nitrogens with zero attached hydrogens (tertiary/aromatic N) is 1. The Hall–Kier alpha value is -1.22. The van der Waals surface area contributed by atoms with Crippen molar-refractivity contribution in [3.63, 3.8) is 0 Å². The smallest absolute Gasteiger partial charge is 0.303 e. The molecule has 86 valence electrons. The van der Waals surface area contributed by atoms with Crippen LogP contribution in [0.1, 0.15) is 18.4 Å². The highest BCUT2D eigenvalue weighted by Gasteiger charge is 2.27. The second kappa shape index (κ2) is 4.34. The maximum absolute atomic E-state index is 10.6. The summed E-state index contributed by atoms with van der Waals surface area (Å²) in [5, 5.41) is 9.47. The Morgan fingerprint density at radius 3 is 3.00 bits per heavy atom. The number of halogens is 1. The summed E-state index contributed by atoms with van der Waals surface area (Å²) in [5.41, 5.74) is 2.27. The minimum absolute atomic E-state index is 0.209. The van der Waals surface area contributed by atoms with Gasteiger partial charge in [-0.05, 0) is 30.5 Å². The number of carboxylic acid groups (broad SMARTS) is 1. The van der Waals surface area contributed by atoms with Crippen LogP contribution in [0.15, 0.2) is 18.2 Å². The SMILES string of the molecule is CN1c2cccc(Cl)c2CC1CCC(=O)O. The van der Waals surface area contributed by atoms with Crippen LogP contribution in [0.4, 0.5) is 5.69 Å². The molecular formula is C12H14ClNO2. The molecule has 0 spiro atoms. The molecule has 0 aliphatic carbocycles. The van der Waals surface area contributed by atoms with E-state index in [0.29, 0.717) is 6.42 Å². The molecule has 1 aromatic carbocycles. The normalized spacial score (nSPS) is 18.6. The van der Waals surface area contributed by atoms with E-state index in [2.05, 4.69) is 4.90 Å².